The number of carbonyl (C=O) groups is 2. The van der Waals surface area contributed by atoms with Crippen LogP contribution in [0.1, 0.15) is 0 Å². The molecule has 6 nitrogen and oxygen atoms in total. The molecule has 7 heteroatoms. The van der Waals surface area contributed by atoms with Gasteiger partial charge in [0.05, 0.1) is 0 Å². The minimum atomic E-state index is -1.58. The largest absolute Gasteiger partial charge is 2.00 e. The van der Waals surface area contributed by atoms with Gasteiger partial charge in [-0.15, -0.1) is 0 Å². The van der Waals surface area contributed by atoms with Crippen LogP contribution in [-0.2, 0) is 17.1 Å². The third-order valence-corrected chi connectivity index (χ3v) is 0. The van der Waals surface area contributed by atoms with Crippen molar-refractivity contribution in [3.8, 4) is 0 Å². The van der Waals surface area contributed by atoms with Crippen LogP contribution in [0.4, 0.5) is 9.59 Å². The molecule has 0 aliphatic carbocycles. The summed E-state index contributed by atoms with van der Waals surface area (Å²) in [6.07, 6.45) is -3.17. The minimum Gasteiger partial charge on any atom is -0.530 e. The smallest absolute Gasteiger partial charge is 0.530 e. The van der Waals surface area contributed by atoms with Crippen LogP contribution in [0.25, 0.3) is 0 Å². The van der Waals surface area contributed by atoms with Crippen molar-refractivity contribution in [1.29, 1.82) is 0 Å². The summed E-state index contributed by atoms with van der Waals surface area (Å²) in [5.41, 5.74) is 7.83. The molecule has 0 bridgehead atoms. The normalized spacial score (nSPS) is 5.33. The van der Waals surface area contributed by atoms with Crippen LogP contribution >= 0.6 is 0 Å². The van der Waals surface area contributed by atoms with Gasteiger partial charge in [-0.3, -0.25) is 0 Å². The fourth-order valence-electron chi connectivity index (χ4n) is 0. The number of carbonyl (C=O) groups excluding carboxylic acids is 2. The van der Waals surface area contributed by atoms with Gasteiger partial charge in [0.1, 0.15) is 12.2 Å². The zero-order chi connectivity index (χ0) is 7.15. The van der Waals surface area contributed by atoms with Gasteiger partial charge < -0.3 is 31.3 Å². The van der Waals surface area contributed by atoms with E-state index in [-0.39, 0.29) is 17.1 Å². The van der Waals surface area contributed by atoms with E-state index in [2.05, 4.69) is 11.5 Å². The van der Waals surface area contributed by atoms with Gasteiger partial charge in [-0.1, -0.05) is 0 Å². The number of hydrogen-bond donors (Lipinski definition) is 2. The van der Waals surface area contributed by atoms with E-state index in [9.17, 15) is 0 Å². The maximum Gasteiger partial charge on any atom is 2.00 e. The Kier molecular flexibility index (Phi) is 17.7. The summed E-state index contributed by atoms with van der Waals surface area (Å²) in [5, 5.41) is 17.3. The molecular weight excluding hydrogens is 180 g/mol. The number of amides is 2. The zero-order valence-corrected chi connectivity index (χ0v) is 5.03. The predicted octanol–water partition coefficient (Wildman–Crippen LogP) is -3.43. The molecule has 0 fully saturated rings. The van der Waals surface area contributed by atoms with E-state index < -0.39 is 12.2 Å². The van der Waals surface area contributed by atoms with Gasteiger partial charge in [0.2, 0.25) is 0 Å². The number of hydrogen-bond acceptors (Lipinski definition) is 4. The first-order chi connectivity index (χ1) is 3.46. The SMILES string of the molecule is NC(=O)[O-].NC(=O)[O-].[Cu+2]. The van der Waals surface area contributed by atoms with Gasteiger partial charge in [0, 0.05) is 0 Å². The van der Waals surface area contributed by atoms with Crippen molar-refractivity contribution >= 4 is 12.2 Å². The average molecular weight is 184 g/mol. The Morgan fingerprint density at radius 2 is 1.00 bits per heavy atom. The van der Waals surface area contributed by atoms with E-state index in [0.29, 0.717) is 0 Å². The molecule has 1 radical (unpaired) electrons. The molecule has 0 aromatic heterocycles. The molecule has 0 saturated heterocycles. The van der Waals surface area contributed by atoms with Crippen LogP contribution in [0, 0.1) is 0 Å². The van der Waals surface area contributed by atoms with Crippen LogP contribution in [-0.4, -0.2) is 12.2 Å². The summed E-state index contributed by atoms with van der Waals surface area (Å²) in [4.78, 5) is 17.3. The molecule has 0 rings (SSSR count). The van der Waals surface area contributed by atoms with Gasteiger partial charge in [-0.2, -0.15) is 0 Å². The number of carboxylic acid groups (broad SMARTS) is 2. The second-order valence-corrected chi connectivity index (χ2v) is 0.638. The quantitative estimate of drug-likeness (QED) is 0.378. The molecule has 9 heavy (non-hydrogen) atoms. The molecule has 0 aliphatic rings. The van der Waals surface area contributed by atoms with Crippen molar-refractivity contribution in [2.45, 2.75) is 0 Å². The van der Waals surface area contributed by atoms with E-state index in [1.807, 2.05) is 0 Å². The molecule has 0 heterocycles. The maximum atomic E-state index is 8.67. The second kappa shape index (κ2) is 10.1. The van der Waals surface area contributed by atoms with Crippen LogP contribution < -0.4 is 21.7 Å². The molecule has 2 amide bonds. The Balaban J connectivity index is -0.0000000720. The van der Waals surface area contributed by atoms with Crippen LogP contribution in [0.5, 0.6) is 0 Å². The van der Waals surface area contributed by atoms with E-state index in [1.165, 1.54) is 0 Å². The Morgan fingerprint density at radius 1 is 1.00 bits per heavy atom. The molecule has 0 aliphatic heterocycles. The van der Waals surface area contributed by atoms with Crippen molar-refractivity contribution < 1.29 is 36.9 Å². The van der Waals surface area contributed by atoms with Gasteiger partial charge in [0.15, 0.2) is 0 Å². The predicted molar refractivity (Wildman–Crippen MR) is 19.2 cm³/mol. The Hall–Kier alpha value is -0.941. The number of primary amides is 2. The van der Waals surface area contributed by atoms with Gasteiger partial charge in [-0.25, -0.2) is 0 Å². The molecular formula is C2H4CuN2O4. The average Bonchev–Trinajstić information content (AvgIpc) is 1.25. The van der Waals surface area contributed by atoms with Crippen LogP contribution in [0.3, 0.4) is 0 Å². The standard InChI is InChI=1S/2CH3NO2.Cu/c2*2-1(3)4;/h2*2H2,(H,3,4);/q;;+2/p-2. The zero-order valence-electron chi connectivity index (χ0n) is 4.09. The molecule has 57 valence electrons. The summed E-state index contributed by atoms with van der Waals surface area (Å²) in [6, 6.07) is 0. The van der Waals surface area contributed by atoms with Gasteiger partial charge >= 0.3 is 17.1 Å². The summed E-state index contributed by atoms with van der Waals surface area (Å²) in [6.45, 7) is 0. The first-order valence-electron chi connectivity index (χ1n) is 1.39. The summed E-state index contributed by atoms with van der Waals surface area (Å²) < 4.78 is 0. The Bertz CT molecular complexity index is 74.6. The van der Waals surface area contributed by atoms with E-state index in [1.54, 1.807) is 0 Å². The van der Waals surface area contributed by atoms with E-state index in [0.717, 1.165) is 0 Å². The summed E-state index contributed by atoms with van der Waals surface area (Å²) in [7, 11) is 0. The monoisotopic (exact) mass is 183 g/mol. The van der Waals surface area contributed by atoms with Crippen LogP contribution in [0.2, 0.25) is 0 Å². The fourth-order valence-corrected chi connectivity index (χ4v) is 0. The second-order valence-electron chi connectivity index (χ2n) is 0.638. The molecule has 0 aromatic rings. The summed E-state index contributed by atoms with van der Waals surface area (Å²) >= 11 is 0. The van der Waals surface area contributed by atoms with Crippen LogP contribution in [0.15, 0.2) is 0 Å². The maximum absolute atomic E-state index is 8.67. The first kappa shape index (κ1) is 15.7. The molecule has 0 aromatic carbocycles. The topological polar surface area (TPSA) is 132 Å². The van der Waals surface area contributed by atoms with Crippen molar-refractivity contribution in [1.82, 2.24) is 0 Å². The van der Waals surface area contributed by atoms with Crippen molar-refractivity contribution in [3.05, 3.63) is 0 Å². The summed E-state index contributed by atoms with van der Waals surface area (Å²) in [5.74, 6) is 0. The molecule has 4 N–H and O–H groups in total. The third kappa shape index (κ3) is 204. The van der Waals surface area contributed by atoms with E-state index >= 15 is 0 Å². The van der Waals surface area contributed by atoms with Crippen molar-refractivity contribution in [2.24, 2.45) is 11.5 Å². The fraction of sp³-hybridized carbons (Fsp3) is 0. The van der Waals surface area contributed by atoms with Crippen molar-refractivity contribution in [2.75, 3.05) is 0 Å². The minimum absolute atomic E-state index is 0. The molecule has 0 atom stereocenters. The molecule has 0 spiro atoms. The Morgan fingerprint density at radius 3 is 1.00 bits per heavy atom. The number of rotatable bonds is 0. The number of nitrogens with two attached hydrogens (primary N) is 2. The van der Waals surface area contributed by atoms with Gasteiger partial charge in [0.25, 0.3) is 0 Å². The van der Waals surface area contributed by atoms with E-state index in [4.69, 9.17) is 19.8 Å². The molecule has 0 saturated carbocycles. The molecule has 0 unspecified atom stereocenters. The third-order valence-electron chi connectivity index (χ3n) is 0. The Labute approximate surface area is 61.3 Å². The first-order valence-corrected chi connectivity index (χ1v) is 1.39. The van der Waals surface area contributed by atoms with Gasteiger partial charge in [-0.05, 0) is 0 Å². The van der Waals surface area contributed by atoms with Crippen molar-refractivity contribution in [3.63, 3.8) is 0 Å².